The Balaban J connectivity index is 1.46. The highest BCUT2D eigenvalue weighted by atomic mass is 32.1. The molecule has 0 bridgehead atoms. The van der Waals surface area contributed by atoms with Crippen molar-refractivity contribution in [3.63, 3.8) is 0 Å². The highest BCUT2D eigenvalue weighted by Gasteiger charge is 2.16. The number of hydrogen-bond donors (Lipinski definition) is 2. The fourth-order valence-electron chi connectivity index (χ4n) is 2.80. The van der Waals surface area contributed by atoms with E-state index in [1.807, 2.05) is 35.7 Å². The van der Waals surface area contributed by atoms with Crippen molar-refractivity contribution in [2.75, 3.05) is 19.0 Å². The lowest BCUT2D eigenvalue weighted by Crippen LogP contribution is -2.33. The number of hydrogen-bond acceptors (Lipinski definition) is 6. The third-order valence-electron chi connectivity index (χ3n) is 4.16. The largest absolute Gasteiger partial charge is 0.496 e. The summed E-state index contributed by atoms with van der Waals surface area (Å²) >= 11 is 1.40. The van der Waals surface area contributed by atoms with E-state index in [9.17, 15) is 9.59 Å². The molecular weight excluding hydrogens is 390 g/mol. The molecule has 0 spiro atoms. The molecule has 8 nitrogen and oxygen atoms in total. The van der Waals surface area contributed by atoms with E-state index in [-0.39, 0.29) is 18.4 Å². The molecule has 2 amide bonds. The molecule has 0 aliphatic carbocycles. The molecule has 0 fully saturated rings. The van der Waals surface area contributed by atoms with Crippen LogP contribution in [0.1, 0.15) is 10.4 Å². The molecule has 2 heterocycles. The van der Waals surface area contributed by atoms with Crippen molar-refractivity contribution in [3.05, 3.63) is 65.5 Å². The third kappa shape index (κ3) is 3.94. The average molecular weight is 407 g/mol. The molecule has 0 radical (unpaired) electrons. The number of para-hydroxylation sites is 1. The van der Waals surface area contributed by atoms with Crippen molar-refractivity contribution in [2.24, 2.45) is 0 Å². The number of carbonyl (C=O) groups excluding carboxylic acids is 2. The smallest absolute Gasteiger partial charge is 0.251 e. The van der Waals surface area contributed by atoms with Crippen molar-refractivity contribution in [2.45, 2.75) is 0 Å². The fraction of sp³-hybridized carbons (Fsp3) is 0.100. The van der Waals surface area contributed by atoms with Crippen molar-refractivity contribution in [1.29, 1.82) is 0 Å². The summed E-state index contributed by atoms with van der Waals surface area (Å²) in [7, 11) is 1.61. The molecule has 0 saturated heterocycles. The molecule has 2 aromatic heterocycles. The van der Waals surface area contributed by atoms with Gasteiger partial charge in [-0.3, -0.25) is 14.9 Å². The third-order valence-corrected chi connectivity index (χ3v) is 4.98. The van der Waals surface area contributed by atoms with Gasteiger partial charge in [0.2, 0.25) is 10.9 Å². The first-order valence-electron chi connectivity index (χ1n) is 8.76. The van der Waals surface area contributed by atoms with Gasteiger partial charge in [-0.2, -0.15) is 4.98 Å². The second-order valence-electron chi connectivity index (χ2n) is 6.05. The van der Waals surface area contributed by atoms with Gasteiger partial charge in [0.05, 0.1) is 19.3 Å². The van der Waals surface area contributed by atoms with E-state index in [2.05, 4.69) is 20.7 Å². The topological polar surface area (TPSA) is 97.6 Å². The van der Waals surface area contributed by atoms with Gasteiger partial charge in [0.25, 0.3) is 11.9 Å². The minimum absolute atomic E-state index is 0.173. The molecule has 0 atom stereocenters. The summed E-state index contributed by atoms with van der Waals surface area (Å²) in [6.07, 6.45) is 0. The number of methoxy groups -OCH3 is 1. The second-order valence-corrected chi connectivity index (χ2v) is 6.88. The fourth-order valence-corrected chi connectivity index (χ4v) is 3.62. The second kappa shape index (κ2) is 8.11. The van der Waals surface area contributed by atoms with E-state index in [0.717, 1.165) is 17.0 Å². The molecule has 0 unspecified atom stereocenters. The van der Waals surface area contributed by atoms with Crippen molar-refractivity contribution in [1.82, 2.24) is 19.9 Å². The standard InChI is InChI=1S/C20H17N5O3S/c1-28-16-10-6-5-9-14(16)15-12-29-20-23-19(24-25(15)20)22-17(26)11-21-18(27)13-7-3-2-4-8-13/h2-10,12H,11H2,1H3,(H,21,27)(H,22,24,26). The van der Waals surface area contributed by atoms with Crippen LogP contribution in [0.3, 0.4) is 0 Å². The predicted molar refractivity (Wildman–Crippen MR) is 110 cm³/mol. The molecule has 4 aromatic rings. The van der Waals surface area contributed by atoms with Crippen LogP contribution in [0.5, 0.6) is 5.75 Å². The van der Waals surface area contributed by atoms with Crippen LogP contribution in [0.25, 0.3) is 16.2 Å². The van der Waals surface area contributed by atoms with Crippen LogP contribution in [0, 0.1) is 0 Å². The van der Waals surface area contributed by atoms with Crippen LogP contribution in [-0.2, 0) is 4.79 Å². The van der Waals surface area contributed by atoms with Crippen LogP contribution in [0.2, 0.25) is 0 Å². The van der Waals surface area contributed by atoms with Gasteiger partial charge < -0.3 is 10.1 Å². The van der Waals surface area contributed by atoms with Crippen LogP contribution in [-0.4, -0.2) is 40.1 Å². The maximum atomic E-state index is 12.2. The van der Waals surface area contributed by atoms with Crippen LogP contribution in [0.15, 0.2) is 60.0 Å². The Labute approximate surface area is 170 Å². The molecule has 2 aromatic carbocycles. The number of fused-ring (bicyclic) bond motifs is 1. The molecule has 0 aliphatic rings. The number of rotatable bonds is 6. The molecule has 146 valence electrons. The number of benzene rings is 2. The van der Waals surface area contributed by atoms with Gasteiger partial charge in [-0.1, -0.05) is 30.3 Å². The first-order valence-corrected chi connectivity index (χ1v) is 9.64. The summed E-state index contributed by atoms with van der Waals surface area (Å²) in [5.41, 5.74) is 2.18. The van der Waals surface area contributed by atoms with E-state index >= 15 is 0 Å². The summed E-state index contributed by atoms with van der Waals surface area (Å²) in [6.45, 7) is -0.181. The lowest BCUT2D eigenvalue weighted by molar-refractivity contribution is -0.115. The Morgan fingerprint density at radius 1 is 1.10 bits per heavy atom. The Morgan fingerprint density at radius 2 is 1.86 bits per heavy atom. The Bertz CT molecular complexity index is 1170. The van der Waals surface area contributed by atoms with E-state index in [1.54, 1.807) is 35.9 Å². The molecule has 2 N–H and O–H groups in total. The quantitative estimate of drug-likeness (QED) is 0.512. The van der Waals surface area contributed by atoms with Crippen molar-refractivity contribution in [3.8, 4) is 17.0 Å². The first kappa shape index (κ1) is 18.6. The van der Waals surface area contributed by atoms with E-state index in [0.29, 0.717) is 10.5 Å². The highest BCUT2D eigenvalue weighted by Crippen LogP contribution is 2.32. The normalized spacial score (nSPS) is 10.7. The van der Waals surface area contributed by atoms with E-state index in [4.69, 9.17) is 4.74 Å². The maximum absolute atomic E-state index is 12.2. The summed E-state index contributed by atoms with van der Waals surface area (Å²) < 4.78 is 7.07. The van der Waals surface area contributed by atoms with Crippen molar-refractivity contribution < 1.29 is 14.3 Å². The maximum Gasteiger partial charge on any atom is 0.251 e. The Hall–Kier alpha value is -3.72. The van der Waals surface area contributed by atoms with Gasteiger partial charge in [-0.15, -0.1) is 16.4 Å². The first-order chi connectivity index (χ1) is 14.2. The monoisotopic (exact) mass is 407 g/mol. The lowest BCUT2D eigenvalue weighted by Gasteiger charge is -2.06. The molecule has 0 saturated carbocycles. The molecule has 29 heavy (non-hydrogen) atoms. The summed E-state index contributed by atoms with van der Waals surface area (Å²) in [5, 5.41) is 11.5. The minimum Gasteiger partial charge on any atom is -0.496 e. The van der Waals surface area contributed by atoms with E-state index in [1.165, 1.54) is 11.3 Å². The number of aromatic nitrogens is 3. The number of nitrogens with one attached hydrogen (secondary N) is 2. The minimum atomic E-state index is -0.411. The summed E-state index contributed by atoms with van der Waals surface area (Å²) in [4.78, 5) is 29.2. The average Bonchev–Trinajstić information content (AvgIpc) is 3.32. The zero-order valence-electron chi connectivity index (χ0n) is 15.5. The number of carbonyl (C=O) groups is 2. The zero-order valence-corrected chi connectivity index (χ0v) is 16.3. The molecule has 0 aliphatic heterocycles. The van der Waals surface area contributed by atoms with Crippen molar-refractivity contribution >= 4 is 34.1 Å². The number of nitrogens with zero attached hydrogens (tertiary/aromatic N) is 3. The Morgan fingerprint density at radius 3 is 2.66 bits per heavy atom. The zero-order chi connectivity index (χ0) is 20.2. The summed E-state index contributed by atoms with van der Waals surface area (Å²) in [6, 6.07) is 16.3. The van der Waals surface area contributed by atoms with Crippen LogP contribution >= 0.6 is 11.3 Å². The summed E-state index contributed by atoms with van der Waals surface area (Å²) in [5.74, 6) is 0.160. The van der Waals surface area contributed by atoms with Crippen LogP contribution in [0.4, 0.5) is 5.95 Å². The van der Waals surface area contributed by atoms with E-state index < -0.39 is 5.91 Å². The number of ether oxygens (including phenoxy) is 1. The molecule has 4 rings (SSSR count). The SMILES string of the molecule is COc1ccccc1-c1csc2nc(NC(=O)CNC(=O)c3ccccc3)nn12. The predicted octanol–water partition coefficient (Wildman–Crippen LogP) is 2.83. The van der Waals surface area contributed by atoms with Gasteiger partial charge in [-0.25, -0.2) is 4.52 Å². The van der Waals surface area contributed by atoms with Gasteiger partial charge in [0, 0.05) is 16.5 Å². The van der Waals surface area contributed by atoms with Gasteiger partial charge >= 0.3 is 0 Å². The van der Waals surface area contributed by atoms with Crippen LogP contribution < -0.4 is 15.4 Å². The number of amides is 2. The van der Waals surface area contributed by atoms with Gasteiger partial charge in [0.15, 0.2) is 0 Å². The van der Waals surface area contributed by atoms with Gasteiger partial charge in [-0.05, 0) is 24.3 Å². The molecule has 9 heteroatoms. The number of anilines is 1. The number of thiazole rings is 1. The highest BCUT2D eigenvalue weighted by molar-refractivity contribution is 7.15. The Kier molecular flexibility index (Phi) is 5.21. The lowest BCUT2D eigenvalue weighted by atomic mass is 10.1. The molecular formula is C20H17N5O3S. The van der Waals surface area contributed by atoms with Gasteiger partial charge in [0.1, 0.15) is 5.75 Å².